The van der Waals surface area contributed by atoms with E-state index in [0.717, 1.165) is 35.7 Å². The molecule has 3 heterocycles. The van der Waals surface area contributed by atoms with Crippen molar-refractivity contribution in [2.75, 3.05) is 29.1 Å². The molecule has 3 aromatic rings. The van der Waals surface area contributed by atoms with Crippen LogP contribution < -0.4 is 10.2 Å². The van der Waals surface area contributed by atoms with Crippen LogP contribution in [0.15, 0.2) is 46.7 Å². The summed E-state index contributed by atoms with van der Waals surface area (Å²) in [7, 11) is 0. The van der Waals surface area contributed by atoms with Gasteiger partial charge in [0.05, 0.1) is 24.3 Å². The van der Waals surface area contributed by atoms with Crippen molar-refractivity contribution < 1.29 is 4.79 Å². The summed E-state index contributed by atoms with van der Waals surface area (Å²) in [4.78, 5) is 17.6. The number of benzene rings is 1. The summed E-state index contributed by atoms with van der Waals surface area (Å²) in [6, 6.07) is 14.6. The van der Waals surface area contributed by atoms with Gasteiger partial charge in [0, 0.05) is 22.0 Å². The Balaban J connectivity index is 1.59. The maximum Gasteiger partial charge on any atom is 0.245 e. The number of para-hydroxylation sites is 1. The van der Waals surface area contributed by atoms with E-state index in [1.165, 1.54) is 9.77 Å². The van der Waals surface area contributed by atoms with Gasteiger partial charge in [0.15, 0.2) is 0 Å². The molecule has 1 aromatic carbocycles. The van der Waals surface area contributed by atoms with Crippen LogP contribution in [0.25, 0.3) is 0 Å². The number of nitrogens with one attached hydrogen (secondary N) is 1. The van der Waals surface area contributed by atoms with E-state index in [4.69, 9.17) is 0 Å². The number of nitriles is 1. The highest BCUT2D eigenvalue weighted by molar-refractivity contribution is 7.99. The fraction of sp³-hybridized carbons (Fsp3) is 0.304. The zero-order chi connectivity index (χ0) is 21.1. The maximum absolute atomic E-state index is 13.1. The zero-order valence-electron chi connectivity index (χ0n) is 17.1. The minimum Gasteiger partial charge on any atom is -0.361 e. The first-order valence-corrected chi connectivity index (χ1v) is 11.8. The number of fused-ring (bicyclic) bond motifs is 1. The molecule has 154 valence electrons. The molecule has 2 aromatic heterocycles. The molecule has 0 atom stereocenters. The Bertz CT molecular complexity index is 1100. The first kappa shape index (κ1) is 20.6. The van der Waals surface area contributed by atoms with Crippen molar-refractivity contribution in [2.45, 2.75) is 31.7 Å². The minimum absolute atomic E-state index is 0.0990. The lowest BCUT2D eigenvalue weighted by Gasteiger charge is -2.24. The molecule has 5 nitrogen and oxygen atoms in total. The molecular weight excluding hydrogens is 412 g/mol. The van der Waals surface area contributed by atoms with Gasteiger partial charge in [0.1, 0.15) is 11.9 Å². The highest BCUT2D eigenvalue weighted by Crippen LogP contribution is 2.33. The first-order valence-electron chi connectivity index (χ1n) is 9.97. The number of rotatable bonds is 5. The molecule has 0 spiro atoms. The van der Waals surface area contributed by atoms with Gasteiger partial charge in [-0.2, -0.15) is 5.26 Å². The smallest absolute Gasteiger partial charge is 0.245 e. The van der Waals surface area contributed by atoms with Gasteiger partial charge in [-0.05, 0) is 55.2 Å². The highest BCUT2D eigenvalue weighted by Gasteiger charge is 2.22. The van der Waals surface area contributed by atoms with Crippen LogP contribution in [0.4, 0.5) is 11.5 Å². The normalized spacial score (nSPS) is 13.4. The van der Waals surface area contributed by atoms with Crippen molar-refractivity contribution in [2.24, 2.45) is 0 Å². The van der Waals surface area contributed by atoms with Gasteiger partial charge in [0.25, 0.3) is 0 Å². The number of amides is 1. The average molecular weight is 437 g/mol. The van der Waals surface area contributed by atoms with E-state index in [-0.39, 0.29) is 12.5 Å². The van der Waals surface area contributed by atoms with Crippen molar-refractivity contribution in [3.63, 3.8) is 0 Å². The molecule has 1 aliphatic rings. The molecule has 1 aliphatic heterocycles. The molecule has 0 unspecified atom stereocenters. The maximum atomic E-state index is 13.1. The largest absolute Gasteiger partial charge is 0.361 e. The number of thiophene rings is 1. The quantitative estimate of drug-likeness (QED) is 0.610. The van der Waals surface area contributed by atoms with Crippen molar-refractivity contribution >= 4 is 40.5 Å². The van der Waals surface area contributed by atoms with Gasteiger partial charge in [-0.3, -0.25) is 4.79 Å². The highest BCUT2D eigenvalue weighted by atomic mass is 32.2. The number of carbonyl (C=O) groups is 1. The molecule has 1 amide bonds. The molecule has 4 rings (SSSR count). The van der Waals surface area contributed by atoms with E-state index in [0.29, 0.717) is 17.9 Å². The van der Waals surface area contributed by atoms with Gasteiger partial charge in [-0.15, -0.1) is 23.1 Å². The molecule has 0 aliphatic carbocycles. The molecule has 0 saturated heterocycles. The SMILES string of the molecule is Cc1c(C#N)c(NC(=O)CN2CCCSc3ccccc32)n(Cc2cccs2)c1C. The topological polar surface area (TPSA) is 61.1 Å². The van der Waals surface area contributed by atoms with Crippen molar-refractivity contribution in [1.82, 2.24) is 4.57 Å². The van der Waals surface area contributed by atoms with Gasteiger partial charge in [-0.25, -0.2) is 0 Å². The molecular formula is C23H24N4OS2. The number of nitrogens with zero attached hydrogens (tertiary/aromatic N) is 3. The molecule has 7 heteroatoms. The second-order valence-electron chi connectivity index (χ2n) is 7.35. The van der Waals surface area contributed by atoms with Crippen molar-refractivity contribution in [3.8, 4) is 6.07 Å². The van der Waals surface area contributed by atoms with Crippen LogP contribution in [0.3, 0.4) is 0 Å². The van der Waals surface area contributed by atoms with Gasteiger partial charge in [0.2, 0.25) is 5.91 Å². The summed E-state index contributed by atoms with van der Waals surface area (Å²) >= 11 is 3.51. The van der Waals surface area contributed by atoms with Crippen LogP contribution in [0.2, 0.25) is 0 Å². The van der Waals surface area contributed by atoms with Gasteiger partial charge < -0.3 is 14.8 Å². The van der Waals surface area contributed by atoms with Crippen LogP contribution in [0.5, 0.6) is 0 Å². The number of hydrogen-bond donors (Lipinski definition) is 1. The number of thioether (sulfide) groups is 1. The number of hydrogen-bond acceptors (Lipinski definition) is 5. The average Bonchev–Trinajstić information content (AvgIpc) is 3.27. The standard InChI is InChI=1S/C23H24N4OS2/c1-16-17(2)27(14-18-7-5-11-29-18)23(19(16)13-24)25-22(28)15-26-10-6-12-30-21-9-4-3-8-20(21)26/h3-5,7-9,11H,6,10,12,14-15H2,1-2H3,(H,25,28). The van der Waals surface area contributed by atoms with E-state index in [1.807, 2.05) is 53.8 Å². The summed E-state index contributed by atoms with van der Waals surface area (Å²) in [6.45, 7) is 5.70. The van der Waals surface area contributed by atoms with E-state index in [2.05, 4.69) is 34.5 Å². The lowest BCUT2D eigenvalue weighted by atomic mass is 10.2. The molecule has 1 N–H and O–H groups in total. The minimum atomic E-state index is -0.0990. The van der Waals surface area contributed by atoms with Crippen LogP contribution >= 0.6 is 23.1 Å². The van der Waals surface area contributed by atoms with E-state index in [1.54, 1.807) is 11.3 Å². The Morgan fingerprint density at radius 3 is 2.83 bits per heavy atom. The van der Waals surface area contributed by atoms with Crippen molar-refractivity contribution in [3.05, 3.63) is 63.5 Å². The van der Waals surface area contributed by atoms with E-state index in [9.17, 15) is 10.1 Å². The third-order valence-electron chi connectivity index (χ3n) is 5.46. The Kier molecular flexibility index (Phi) is 6.16. The monoisotopic (exact) mass is 436 g/mol. The van der Waals surface area contributed by atoms with Crippen LogP contribution in [0, 0.1) is 25.2 Å². The molecule has 0 radical (unpaired) electrons. The second kappa shape index (κ2) is 8.99. The summed E-state index contributed by atoms with van der Waals surface area (Å²) in [5.41, 5.74) is 3.58. The number of carbonyl (C=O) groups excluding carboxylic acids is 1. The van der Waals surface area contributed by atoms with Crippen LogP contribution in [-0.2, 0) is 11.3 Å². The zero-order valence-corrected chi connectivity index (χ0v) is 18.8. The molecule has 0 fully saturated rings. The Labute approximate surface area is 185 Å². The Morgan fingerprint density at radius 2 is 2.07 bits per heavy atom. The molecule has 30 heavy (non-hydrogen) atoms. The summed E-state index contributed by atoms with van der Waals surface area (Å²) in [5, 5.41) is 14.8. The third kappa shape index (κ3) is 4.11. The Hall–Kier alpha value is -2.69. The predicted octanol–water partition coefficient (Wildman–Crippen LogP) is 5.03. The summed E-state index contributed by atoms with van der Waals surface area (Å²) < 4.78 is 2.05. The summed E-state index contributed by atoms with van der Waals surface area (Å²) in [6.07, 6.45) is 1.03. The fourth-order valence-corrected chi connectivity index (χ4v) is 5.50. The Morgan fingerprint density at radius 1 is 1.23 bits per heavy atom. The predicted molar refractivity (Wildman–Crippen MR) is 125 cm³/mol. The fourth-order valence-electron chi connectivity index (χ4n) is 3.79. The molecule has 0 bridgehead atoms. The summed E-state index contributed by atoms with van der Waals surface area (Å²) in [5.74, 6) is 1.55. The van der Waals surface area contributed by atoms with Gasteiger partial charge in [-0.1, -0.05) is 18.2 Å². The number of aromatic nitrogens is 1. The second-order valence-corrected chi connectivity index (χ2v) is 9.52. The third-order valence-corrected chi connectivity index (χ3v) is 7.47. The van der Waals surface area contributed by atoms with Crippen LogP contribution in [0.1, 0.15) is 28.1 Å². The molecule has 0 saturated carbocycles. The van der Waals surface area contributed by atoms with Crippen molar-refractivity contribution in [1.29, 1.82) is 5.26 Å². The lowest BCUT2D eigenvalue weighted by Crippen LogP contribution is -2.34. The first-order chi connectivity index (χ1) is 14.6. The van der Waals surface area contributed by atoms with E-state index >= 15 is 0 Å². The van der Waals surface area contributed by atoms with E-state index < -0.39 is 0 Å². The number of anilines is 2. The van der Waals surface area contributed by atoms with Gasteiger partial charge >= 0.3 is 0 Å². The van der Waals surface area contributed by atoms with Crippen LogP contribution in [-0.4, -0.2) is 29.3 Å². The lowest BCUT2D eigenvalue weighted by molar-refractivity contribution is -0.115.